The van der Waals surface area contributed by atoms with Gasteiger partial charge < -0.3 is 15.5 Å². The summed E-state index contributed by atoms with van der Waals surface area (Å²) in [5, 5.41) is 8.14. The van der Waals surface area contributed by atoms with E-state index in [1.54, 1.807) is 0 Å². The summed E-state index contributed by atoms with van der Waals surface area (Å²) >= 11 is 0. The molecule has 0 radical (unpaired) electrons. The van der Waals surface area contributed by atoms with Crippen molar-refractivity contribution in [2.45, 2.75) is 39.2 Å². The molecule has 3 N–H and O–H groups in total. The lowest BCUT2D eigenvalue weighted by Gasteiger charge is -2.33. The van der Waals surface area contributed by atoms with Crippen LogP contribution in [0.5, 0.6) is 0 Å². The Morgan fingerprint density at radius 1 is 1.35 bits per heavy atom. The minimum absolute atomic E-state index is 0.216. The average Bonchev–Trinajstić information content (AvgIpc) is 2.43. The van der Waals surface area contributed by atoms with Crippen LogP contribution in [0.3, 0.4) is 0 Å². The summed E-state index contributed by atoms with van der Waals surface area (Å²) in [6.45, 7) is 8.16. The minimum Gasteiger partial charge on any atom is -0.341 e. The van der Waals surface area contributed by atoms with E-state index in [0.29, 0.717) is 18.4 Å². The van der Waals surface area contributed by atoms with Gasteiger partial charge in [0.25, 0.3) is 0 Å². The first-order valence-electron chi connectivity index (χ1n) is 7.48. The number of piperidine rings is 1. The Bertz CT molecular complexity index is 320. The van der Waals surface area contributed by atoms with Gasteiger partial charge in [0.15, 0.2) is 0 Å². The van der Waals surface area contributed by atoms with Gasteiger partial charge in [0.05, 0.1) is 0 Å². The summed E-state index contributed by atoms with van der Waals surface area (Å²) in [5.74, 6) is 0.444. The number of imide groups is 1. The van der Waals surface area contributed by atoms with Crippen LogP contribution in [0.25, 0.3) is 0 Å². The number of rotatable bonds is 6. The van der Waals surface area contributed by atoms with Gasteiger partial charge in [-0.1, -0.05) is 13.8 Å². The third kappa shape index (κ3) is 6.86. The number of hydrogen-bond acceptors (Lipinski definition) is 4. The van der Waals surface area contributed by atoms with E-state index in [1.807, 2.05) is 0 Å². The summed E-state index contributed by atoms with van der Waals surface area (Å²) < 4.78 is 0. The number of urea groups is 1. The molecule has 0 aromatic heterocycles. The Morgan fingerprint density at radius 2 is 2.10 bits per heavy atom. The maximum atomic E-state index is 11.5. The SMILES string of the molecule is CNC(=O)NC(=O)CCN1CCCC(CNC(C)C)C1. The van der Waals surface area contributed by atoms with Crippen molar-refractivity contribution in [2.75, 3.05) is 33.2 Å². The molecule has 1 aliphatic rings. The van der Waals surface area contributed by atoms with Crippen LogP contribution in [0, 0.1) is 5.92 Å². The molecule has 0 spiro atoms. The summed E-state index contributed by atoms with van der Waals surface area (Å²) in [6, 6.07) is 0.0800. The number of carbonyl (C=O) groups is 2. The summed E-state index contributed by atoms with van der Waals surface area (Å²) in [4.78, 5) is 24.9. The number of carbonyl (C=O) groups excluding carboxylic acids is 2. The van der Waals surface area contributed by atoms with E-state index in [0.717, 1.165) is 26.2 Å². The van der Waals surface area contributed by atoms with Crippen LogP contribution in [-0.2, 0) is 4.79 Å². The lowest BCUT2D eigenvalue weighted by Crippen LogP contribution is -2.43. The zero-order valence-electron chi connectivity index (χ0n) is 12.9. The fourth-order valence-electron chi connectivity index (χ4n) is 2.43. The molecule has 1 atom stereocenters. The Balaban J connectivity index is 2.23. The molecule has 1 fully saturated rings. The Morgan fingerprint density at radius 3 is 2.75 bits per heavy atom. The Labute approximate surface area is 121 Å². The number of nitrogens with one attached hydrogen (secondary N) is 3. The van der Waals surface area contributed by atoms with E-state index in [2.05, 4.69) is 34.7 Å². The number of likely N-dealkylation sites (tertiary alicyclic amines) is 1. The second-order valence-corrected chi connectivity index (χ2v) is 5.75. The zero-order chi connectivity index (χ0) is 15.0. The number of nitrogens with zero attached hydrogens (tertiary/aromatic N) is 1. The molecule has 3 amide bonds. The largest absolute Gasteiger partial charge is 0.341 e. The molecule has 0 aromatic rings. The fourth-order valence-corrected chi connectivity index (χ4v) is 2.43. The van der Waals surface area contributed by atoms with E-state index >= 15 is 0 Å². The molecular weight excluding hydrogens is 256 g/mol. The quantitative estimate of drug-likeness (QED) is 0.666. The summed E-state index contributed by atoms with van der Waals surface area (Å²) in [5.41, 5.74) is 0. The van der Waals surface area contributed by atoms with Crippen molar-refractivity contribution in [1.29, 1.82) is 0 Å². The third-order valence-electron chi connectivity index (χ3n) is 3.55. The van der Waals surface area contributed by atoms with Crippen LogP contribution in [0.1, 0.15) is 33.1 Å². The molecule has 0 bridgehead atoms. The highest BCUT2D eigenvalue weighted by atomic mass is 16.2. The van der Waals surface area contributed by atoms with Gasteiger partial charge in [-0.15, -0.1) is 0 Å². The molecule has 1 unspecified atom stereocenters. The molecule has 1 saturated heterocycles. The highest BCUT2D eigenvalue weighted by molar-refractivity contribution is 5.94. The maximum absolute atomic E-state index is 11.5. The van der Waals surface area contributed by atoms with Crippen molar-refractivity contribution in [3.8, 4) is 0 Å². The van der Waals surface area contributed by atoms with Gasteiger partial charge in [-0.25, -0.2) is 4.79 Å². The molecule has 116 valence electrons. The van der Waals surface area contributed by atoms with Crippen molar-refractivity contribution in [3.05, 3.63) is 0 Å². The first kappa shape index (κ1) is 16.9. The van der Waals surface area contributed by atoms with Gasteiger partial charge in [0, 0.05) is 32.6 Å². The molecule has 0 aliphatic carbocycles. The highest BCUT2D eigenvalue weighted by Crippen LogP contribution is 2.16. The standard InChI is InChI=1S/C14H28N4O2/c1-11(2)16-9-12-5-4-7-18(10-12)8-6-13(19)17-14(20)15-3/h11-12,16H,4-10H2,1-3H3,(H2,15,17,19,20). The number of amides is 3. The van der Waals surface area contributed by atoms with Crippen LogP contribution < -0.4 is 16.0 Å². The summed E-state index contributed by atoms with van der Waals surface area (Å²) in [6.07, 6.45) is 2.81. The Hall–Kier alpha value is -1.14. The predicted octanol–water partition coefficient (Wildman–Crippen LogP) is 0.542. The highest BCUT2D eigenvalue weighted by Gasteiger charge is 2.20. The lowest BCUT2D eigenvalue weighted by molar-refractivity contribution is -0.120. The first-order chi connectivity index (χ1) is 9.51. The van der Waals surface area contributed by atoms with Gasteiger partial charge in [0.2, 0.25) is 5.91 Å². The molecular formula is C14H28N4O2. The summed E-state index contributed by atoms with van der Waals surface area (Å²) in [7, 11) is 1.50. The molecule has 6 nitrogen and oxygen atoms in total. The average molecular weight is 284 g/mol. The van der Waals surface area contributed by atoms with E-state index in [4.69, 9.17) is 0 Å². The third-order valence-corrected chi connectivity index (χ3v) is 3.55. The van der Waals surface area contributed by atoms with Gasteiger partial charge in [-0.3, -0.25) is 10.1 Å². The van der Waals surface area contributed by atoms with Crippen molar-refractivity contribution in [3.63, 3.8) is 0 Å². The van der Waals surface area contributed by atoms with Crippen molar-refractivity contribution >= 4 is 11.9 Å². The van der Waals surface area contributed by atoms with Crippen LogP contribution in [-0.4, -0.2) is 56.1 Å². The predicted molar refractivity (Wildman–Crippen MR) is 79.5 cm³/mol. The smallest absolute Gasteiger partial charge is 0.321 e. The van der Waals surface area contributed by atoms with Gasteiger partial charge in [-0.05, 0) is 31.8 Å². The van der Waals surface area contributed by atoms with Crippen LogP contribution in [0.15, 0.2) is 0 Å². The number of hydrogen-bond donors (Lipinski definition) is 3. The van der Waals surface area contributed by atoms with Crippen molar-refractivity contribution in [1.82, 2.24) is 20.9 Å². The van der Waals surface area contributed by atoms with Crippen LogP contribution in [0.2, 0.25) is 0 Å². The minimum atomic E-state index is -0.437. The van der Waals surface area contributed by atoms with Gasteiger partial charge >= 0.3 is 6.03 Å². The fraction of sp³-hybridized carbons (Fsp3) is 0.857. The molecule has 6 heteroatoms. The molecule has 20 heavy (non-hydrogen) atoms. The van der Waals surface area contributed by atoms with E-state index in [9.17, 15) is 9.59 Å². The van der Waals surface area contributed by atoms with E-state index in [-0.39, 0.29) is 5.91 Å². The van der Waals surface area contributed by atoms with Gasteiger partial charge in [0.1, 0.15) is 0 Å². The van der Waals surface area contributed by atoms with Crippen molar-refractivity contribution < 1.29 is 9.59 Å². The Kier molecular flexibility index (Phi) is 7.54. The molecule has 1 aliphatic heterocycles. The van der Waals surface area contributed by atoms with E-state index in [1.165, 1.54) is 19.9 Å². The maximum Gasteiger partial charge on any atom is 0.321 e. The molecule has 1 rings (SSSR count). The normalized spacial score (nSPS) is 19.9. The first-order valence-corrected chi connectivity index (χ1v) is 7.48. The molecule has 0 saturated carbocycles. The molecule has 0 aromatic carbocycles. The van der Waals surface area contributed by atoms with Gasteiger partial charge in [-0.2, -0.15) is 0 Å². The molecule has 1 heterocycles. The topological polar surface area (TPSA) is 73.5 Å². The lowest BCUT2D eigenvalue weighted by atomic mass is 9.97. The van der Waals surface area contributed by atoms with Crippen molar-refractivity contribution in [2.24, 2.45) is 5.92 Å². The van der Waals surface area contributed by atoms with Crippen LogP contribution >= 0.6 is 0 Å². The monoisotopic (exact) mass is 284 g/mol. The second kappa shape index (κ2) is 8.92. The second-order valence-electron chi connectivity index (χ2n) is 5.75. The van der Waals surface area contributed by atoms with E-state index < -0.39 is 6.03 Å². The zero-order valence-corrected chi connectivity index (χ0v) is 12.9. The van der Waals surface area contributed by atoms with Crippen LogP contribution in [0.4, 0.5) is 4.79 Å².